The highest BCUT2D eigenvalue weighted by Crippen LogP contribution is 2.27. The Morgan fingerprint density at radius 3 is 2.47 bits per heavy atom. The third-order valence-electron chi connectivity index (χ3n) is 3.44. The van der Waals surface area contributed by atoms with Gasteiger partial charge in [0.05, 0.1) is 5.56 Å². The monoisotopic (exact) mass is 315 g/mol. The first kappa shape index (κ1) is 12.9. The van der Waals surface area contributed by atoms with Gasteiger partial charge in [-0.05, 0) is 46.0 Å². The summed E-state index contributed by atoms with van der Waals surface area (Å²) in [5, 5.41) is 0.636. The minimum atomic E-state index is 0.0877. The maximum atomic E-state index is 12.3. The van der Waals surface area contributed by atoms with Gasteiger partial charge in [0.2, 0.25) is 0 Å². The molecule has 1 fully saturated rings. The van der Waals surface area contributed by atoms with E-state index in [1.54, 1.807) is 18.2 Å². The first-order valence-corrected chi connectivity index (χ1v) is 6.90. The van der Waals surface area contributed by atoms with Crippen LogP contribution in [0, 0.1) is 11.8 Å². The Morgan fingerprint density at radius 1 is 1.35 bits per heavy atom. The molecule has 17 heavy (non-hydrogen) atoms. The highest BCUT2D eigenvalue weighted by atomic mass is 79.9. The minimum absolute atomic E-state index is 0.0877. The van der Waals surface area contributed by atoms with Crippen molar-refractivity contribution in [2.75, 3.05) is 13.1 Å². The molecule has 0 radical (unpaired) electrons. The smallest absolute Gasteiger partial charge is 0.255 e. The first-order valence-electron chi connectivity index (χ1n) is 5.73. The van der Waals surface area contributed by atoms with Crippen LogP contribution in [-0.4, -0.2) is 23.9 Å². The molecule has 2 rings (SSSR count). The second kappa shape index (κ2) is 4.99. The second-order valence-corrected chi connectivity index (χ2v) is 6.08. The van der Waals surface area contributed by atoms with Crippen molar-refractivity contribution in [1.82, 2.24) is 4.90 Å². The predicted molar refractivity (Wildman–Crippen MR) is 73.4 cm³/mol. The molecule has 0 bridgehead atoms. The Morgan fingerprint density at radius 2 is 1.94 bits per heavy atom. The van der Waals surface area contributed by atoms with E-state index < -0.39 is 0 Å². The number of carbonyl (C=O) groups excluding carboxylic acids is 1. The zero-order valence-electron chi connectivity index (χ0n) is 9.91. The van der Waals surface area contributed by atoms with Crippen LogP contribution in [0.15, 0.2) is 22.7 Å². The van der Waals surface area contributed by atoms with Crippen molar-refractivity contribution in [3.63, 3.8) is 0 Å². The molecular weight excluding hydrogens is 302 g/mol. The van der Waals surface area contributed by atoms with E-state index in [1.807, 2.05) is 4.90 Å². The Bertz CT molecular complexity index is 439. The molecule has 1 aliphatic rings. The highest BCUT2D eigenvalue weighted by molar-refractivity contribution is 9.10. The van der Waals surface area contributed by atoms with E-state index in [4.69, 9.17) is 11.6 Å². The van der Waals surface area contributed by atoms with Crippen LogP contribution in [0.2, 0.25) is 5.02 Å². The Hall–Kier alpha value is -0.540. The molecule has 2 nitrogen and oxygen atoms in total. The van der Waals surface area contributed by atoms with Crippen molar-refractivity contribution in [3.8, 4) is 0 Å². The molecule has 2 unspecified atom stereocenters. The molecule has 0 aliphatic carbocycles. The third-order valence-corrected chi connectivity index (χ3v) is 4.33. The quantitative estimate of drug-likeness (QED) is 0.771. The van der Waals surface area contributed by atoms with Gasteiger partial charge in [0.15, 0.2) is 0 Å². The first-order chi connectivity index (χ1) is 7.99. The fraction of sp³-hybridized carbons (Fsp3) is 0.462. The third kappa shape index (κ3) is 2.66. The van der Waals surface area contributed by atoms with Gasteiger partial charge in [-0.15, -0.1) is 0 Å². The van der Waals surface area contributed by atoms with Crippen LogP contribution < -0.4 is 0 Å². The van der Waals surface area contributed by atoms with E-state index in [2.05, 4.69) is 29.8 Å². The standard InChI is InChI=1S/C13H15BrClNO/c1-8-6-16(7-9(8)2)13(17)11-4-3-10(15)5-12(11)14/h3-5,8-9H,6-7H2,1-2H3. The normalized spacial score (nSPS) is 24.1. The van der Waals surface area contributed by atoms with Crippen molar-refractivity contribution in [2.24, 2.45) is 11.8 Å². The van der Waals surface area contributed by atoms with E-state index in [0.29, 0.717) is 22.4 Å². The molecule has 92 valence electrons. The fourth-order valence-electron chi connectivity index (χ4n) is 2.13. The Labute approximate surface area is 115 Å². The number of rotatable bonds is 1. The molecule has 0 spiro atoms. The van der Waals surface area contributed by atoms with Crippen LogP contribution in [-0.2, 0) is 0 Å². The van der Waals surface area contributed by atoms with E-state index in [9.17, 15) is 4.79 Å². The summed E-state index contributed by atoms with van der Waals surface area (Å²) in [4.78, 5) is 14.2. The van der Waals surface area contributed by atoms with Crippen LogP contribution >= 0.6 is 27.5 Å². The Kier molecular flexibility index (Phi) is 3.79. The SMILES string of the molecule is CC1CN(C(=O)c2ccc(Cl)cc2Br)CC1C. The van der Waals surface area contributed by atoms with Gasteiger partial charge in [-0.1, -0.05) is 25.4 Å². The van der Waals surface area contributed by atoms with E-state index in [0.717, 1.165) is 17.6 Å². The number of hydrogen-bond acceptors (Lipinski definition) is 1. The lowest BCUT2D eigenvalue weighted by molar-refractivity contribution is 0.0784. The lowest BCUT2D eigenvalue weighted by atomic mass is 10.0. The van der Waals surface area contributed by atoms with Crippen molar-refractivity contribution in [3.05, 3.63) is 33.3 Å². The van der Waals surface area contributed by atoms with Gasteiger partial charge in [0.1, 0.15) is 0 Å². The summed E-state index contributed by atoms with van der Waals surface area (Å²) >= 11 is 9.27. The lowest BCUT2D eigenvalue weighted by Crippen LogP contribution is -2.29. The highest BCUT2D eigenvalue weighted by Gasteiger charge is 2.30. The minimum Gasteiger partial charge on any atom is -0.338 e. The molecule has 1 heterocycles. The number of likely N-dealkylation sites (tertiary alicyclic amines) is 1. The zero-order valence-corrected chi connectivity index (χ0v) is 12.3. The molecule has 1 amide bonds. The molecule has 2 atom stereocenters. The van der Waals surface area contributed by atoms with E-state index in [-0.39, 0.29) is 5.91 Å². The van der Waals surface area contributed by atoms with Gasteiger partial charge in [-0.3, -0.25) is 4.79 Å². The van der Waals surface area contributed by atoms with Gasteiger partial charge in [0.25, 0.3) is 5.91 Å². The second-order valence-electron chi connectivity index (χ2n) is 4.79. The maximum Gasteiger partial charge on any atom is 0.255 e. The van der Waals surface area contributed by atoms with Crippen molar-refractivity contribution in [2.45, 2.75) is 13.8 Å². The topological polar surface area (TPSA) is 20.3 Å². The average Bonchev–Trinajstić information content (AvgIpc) is 2.58. The van der Waals surface area contributed by atoms with Crippen LogP contribution in [0.25, 0.3) is 0 Å². The molecular formula is C13H15BrClNO. The molecule has 1 aliphatic heterocycles. The molecule has 0 aromatic heterocycles. The summed E-state index contributed by atoms with van der Waals surface area (Å²) in [6.07, 6.45) is 0. The summed E-state index contributed by atoms with van der Waals surface area (Å²) in [5.41, 5.74) is 0.690. The van der Waals surface area contributed by atoms with Crippen LogP contribution in [0.4, 0.5) is 0 Å². The summed E-state index contributed by atoms with van der Waals surface area (Å²) in [6.45, 7) is 6.06. The molecule has 4 heteroatoms. The number of amides is 1. The van der Waals surface area contributed by atoms with Crippen LogP contribution in [0.5, 0.6) is 0 Å². The van der Waals surface area contributed by atoms with Gasteiger partial charge in [-0.2, -0.15) is 0 Å². The number of hydrogen-bond donors (Lipinski definition) is 0. The van der Waals surface area contributed by atoms with Gasteiger partial charge >= 0.3 is 0 Å². The van der Waals surface area contributed by atoms with Crippen LogP contribution in [0.3, 0.4) is 0 Å². The molecule has 0 N–H and O–H groups in total. The van der Waals surface area contributed by atoms with Crippen LogP contribution in [0.1, 0.15) is 24.2 Å². The number of nitrogens with zero attached hydrogens (tertiary/aromatic N) is 1. The van der Waals surface area contributed by atoms with Gasteiger partial charge in [0, 0.05) is 22.6 Å². The summed E-state index contributed by atoms with van der Waals surface area (Å²) in [6, 6.07) is 5.29. The summed E-state index contributed by atoms with van der Waals surface area (Å²) in [5.74, 6) is 1.24. The lowest BCUT2D eigenvalue weighted by Gasteiger charge is -2.17. The molecule has 1 aromatic carbocycles. The van der Waals surface area contributed by atoms with E-state index in [1.165, 1.54) is 0 Å². The average molecular weight is 317 g/mol. The summed E-state index contributed by atoms with van der Waals surface area (Å²) in [7, 11) is 0. The van der Waals surface area contributed by atoms with Crippen molar-refractivity contribution in [1.29, 1.82) is 0 Å². The van der Waals surface area contributed by atoms with Crippen molar-refractivity contribution < 1.29 is 4.79 Å². The Balaban J connectivity index is 2.20. The molecule has 0 saturated carbocycles. The molecule has 1 saturated heterocycles. The molecule has 1 aromatic rings. The van der Waals surface area contributed by atoms with E-state index >= 15 is 0 Å². The number of carbonyl (C=O) groups is 1. The predicted octanol–water partition coefficient (Wildman–Crippen LogP) is 3.83. The largest absolute Gasteiger partial charge is 0.338 e. The fourth-order valence-corrected chi connectivity index (χ4v) is 2.98. The zero-order chi connectivity index (χ0) is 12.6. The maximum absolute atomic E-state index is 12.3. The van der Waals surface area contributed by atoms with Gasteiger partial charge in [-0.25, -0.2) is 0 Å². The number of benzene rings is 1. The van der Waals surface area contributed by atoms with Gasteiger partial charge < -0.3 is 4.90 Å². The number of halogens is 2. The van der Waals surface area contributed by atoms with Crippen molar-refractivity contribution >= 4 is 33.4 Å². The summed E-state index contributed by atoms with van der Waals surface area (Å²) < 4.78 is 0.766.